The van der Waals surface area contributed by atoms with E-state index in [0.717, 1.165) is 4.88 Å². The summed E-state index contributed by atoms with van der Waals surface area (Å²) in [6, 6.07) is 0. The molecule has 0 aromatic carbocycles. The third-order valence-electron chi connectivity index (χ3n) is 1.11. The topological polar surface area (TPSA) is 39.2 Å². The van der Waals surface area contributed by atoms with Gasteiger partial charge in [-0.15, -0.1) is 11.3 Å². The molecular weight excluding hydrogens is 162 g/mol. The molecule has 0 N–H and O–H groups in total. The molecule has 3 nitrogen and oxygen atoms in total. The Balaban J connectivity index is 2.37. The minimum atomic E-state index is -0.184. The first-order valence-corrected chi connectivity index (χ1v) is 4.24. The highest BCUT2D eigenvalue weighted by molar-refractivity contribution is 7.09. The average Bonchev–Trinajstić information content (AvgIpc) is 2.40. The van der Waals surface area contributed by atoms with E-state index in [1.165, 1.54) is 11.3 Å². The van der Waals surface area contributed by atoms with Crippen LogP contribution < -0.4 is 0 Å². The summed E-state index contributed by atoms with van der Waals surface area (Å²) in [4.78, 5) is 15.7. The van der Waals surface area contributed by atoms with E-state index >= 15 is 0 Å². The summed E-state index contributed by atoms with van der Waals surface area (Å²) < 4.78 is 4.76. The van der Waals surface area contributed by atoms with Gasteiger partial charge in [0.2, 0.25) is 0 Å². The standard InChI is InChI=1S/C7H9NO2S/c1-2-10-7(9)3-6-4-8-5-11-6/h4-5H,2-3H2,1H3. The second-order valence-electron chi connectivity index (χ2n) is 1.95. The first-order valence-electron chi connectivity index (χ1n) is 3.36. The van der Waals surface area contributed by atoms with E-state index in [2.05, 4.69) is 4.98 Å². The van der Waals surface area contributed by atoms with Gasteiger partial charge in [-0.05, 0) is 6.92 Å². The highest BCUT2D eigenvalue weighted by Crippen LogP contribution is 2.06. The molecular formula is C7H9NO2S. The number of thiazole rings is 1. The van der Waals surface area contributed by atoms with Crippen LogP contribution in [0, 0.1) is 0 Å². The Kier molecular flexibility index (Phi) is 3.04. The molecule has 0 saturated heterocycles. The summed E-state index contributed by atoms with van der Waals surface area (Å²) >= 11 is 1.47. The minimum Gasteiger partial charge on any atom is -0.466 e. The van der Waals surface area contributed by atoms with Crippen molar-refractivity contribution in [3.63, 3.8) is 0 Å². The lowest BCUT2D eigenvalue weighted by molar-refractivity contribution is -0.142. The smallest absolute Gasteiger partial charge is 0.311 e. The number of hydrogen-bond acceptors (Lipinski definition) is 4. The Morgan fingerprint density at radius 2 is 2.64 bits per heavy atom. The van der Waals surface area contributed by atoms with Crippen LogP contribution in [-0.4, -0.2) is 17.6 Å². The monoisotopic (exact) mass is 171 g/mol. The highest BCUT2D eigenvalue weighted by Gasteiger charge is 2.03. The van der Waals surface area contributed by atoms with Crippen molar-refractivity contribution in [1.29, 1.82) is 0 Å². The van der Waals surface area contributed by atoms with E-state index in [4.69, 9.17) is 4.74 Å². The molecule has 0 unspecified atom stereocenters. The molecule has 0 aliphatic heterocycles. The van der Waals surface area contributed by atoms with Crippen molar-refractivity contribution in [2.75, 3.05) is 6.61 Å². The fourth-order valence-electron chi connectivity index (χ4n) is 0.684. The Hall–Kier alpha value is -0.900. The van der Waals surface area contributed by atoms with Crippen LogP contribution in [-0.2, 0) is 16.0 Å². The molecule has 1 heterocycles. The fraction of sp³-hybridized carbons (Fsp3) is 0.429. The lowest BCUT2D eigenvalue weighted by Gasteiger charge is -1.97. The van der Waals surface area contributed by atoms with Crippen LogP contribution in [0.2, 0.25) is 0 Å². The van der Waals surface area contributed by atoms with Gasteiger partial charge >= 0.3 is 5.97 Å². The van der Waals surface area contributed by atoms with Crippen LogP contribution in [0.15, 0.2) is 11.7 Å². The largest absolute Gasteiger partial charge is 0.466 e. The molecule has 0 aliphatic carbocycles. The molecule has 0 aliphatic rings. The summed E-state index contributed by atoms with van der Waals surface area (Å²) in [6.07, 6.45) is 2.03. The van der Waals surface area contributed by atoms with Crippen molar-refractivity contribution in [2.45, 2.75) is 13.3 Å². The molecule has 0 bridgehead atoms. The number of ether oxygens (including phenoxy) is 1. The number of esters is 1. The zero-order valence-electron chi connectivity index (χ0n) is 6.24. The SMILES string of the molecule is CCOC(=O)Cc1cncs1. The maximum atomic E-state index is 10.9. The van der Waals surface area contributed by atoms with Crippen LogP contribution in [0.4, 0.5) is 0 Å². The summed E-state index contributed by atoms with van der Waals surface area (Å²) in [6.45, 7) is 2.24. The van der Waals surface area contributed by atoms with Crippen molar-refractivity contribution in [3.8, 4) is 0 Å². The number of carbonyl (C=O) groups excluding carboxylic acids is 1. The molecule has 0 saturated carbocycles. The molecule has 11 heavy (non-hydrogen) atoms. The molecule has 0 spiro atoms. The van der Waals surface area contributed by atoms with Gasteiger partial charge in [0.1, 0.15) is 0 Å². The van der Waals surface area contributed by atoms with Gasteiger partial charge in [0.15, 0.2) is 0 Å². The minimum absolute atomic E-state index is 0.184. The molecule has 0 atom stereocenters. The maximum absolute atomic E-state index is 10.9. The summed E-state index contributed by atoms with van der Waals surface area (Å²) in [5.41, 5.74) is 1.70. The second-order valence-corrected chi connectivity index (χ2v) is 2.92. The van der Waals surface area contributed by atoms with E-state index in [-0.39, 0.29) is 5.97 Å². The van der Waals surface area contributed by atoms with Crippen LogP contribution in [0.5, 0.6) is 0 Å². The van der Waals surface area contributed by atoms with E-state index < -0.39 is 0 Å². The molecule has 0 radical (unpaired) electrons. The lowest BCUT2D eigenvalue weighted by Crippen LogP contribution is -2.06. The van der Waals surface area contributed by atoms with E-state index in [9.17, 15) is 4.79 Å². The van der Waals surface area contributed by atoms with Crippen LogP contribution in [0.25, 0.3) is 0 Å². The van der Waals surface area contributed by atoms with Crippen molar-refractivity contribution in [3.05, 3.63) is 16.6 Å². The molecule has 1 aromatic heterocycles. The lowest BCUT2D eigenvalue weighted by atomic mass is 10.4. The van der Waals surface area contributed by atoms with Gasteiger partial charge in [-0.1, -0.05) is 0 Å². The van der Waals surface area contributed by atoms with Crippen molar-refractivity contribution in [1.82, 2.24) is 4.98 Å². The third kappa shape index (κ3) is 2.67. The van der Waals surface area contributed by atoms with E-state index in [0.29, 0.717) is 13.0 Å². The Labute approximate surface area is 69.0 Å². The molecule has 4 heteroatoms. The number of carbonyl (C=O) groups is 1. The van der Waals surface area contributed by atoms with Gasteiger partial charge in [0.25, 0.3) is 0 Å². The normalized spacial score (nSPS) is 9.55. The molecule has 1 rings (SSSR count). The number of rotatable bonds is 3. The van der Waals surface area contributed by atoms with Gasteiger partial charge in [0.05, 0.1) is 18.5 Å². The molecule has 60 valence electrons. The Bertz CT molecular complexity index is 220. The van der Waals surface area contributed by atoms with Gasteiger partial charge < -0.3 is 4.74 Å². The second kappa shape index (κ2) is 4.08. The number of aromatic nitrogens is 1. The predicted octanol–water partition coefficient (Wildman–Crippen LogP) is 1.25. The van der Waals surface area contributed by atoms with Crippen molar-refractivity contribution >= 4 is 17.3 Å². The van der Waals surface area contributed by atoms with Crippen LogP contribution in [0.1, 0.15) is 11.8 Å². The van der Waals surface area contributed by atoms with Gasteiger partial charge in [-0.25, -0.2) is 0 Å². The van der Waals surface area contributed by atoms with Crippen molar-refractivity contribution in [2.24, 2.45) is 0 Å². The zero-order chi connectivity index (χ0) is 8.10. The first kappa shape index (κ1) is 8.20. The van der Waals surface area contributed by atoms with Crippen molar-refractivity contribution < 1.29 is 9.53 Å². The quantitative estimate of drug-likeness (QED) is 0.642. The molecule has 0 amide bonds. The Morgan fingerprint density at radius 3 is 3.18 bits per heavy atom. The van der Waals surface area contributed by atoms with E-state index in [1.807, 2.05) is 0 Å². The highest BCUT2D eigenvalue weighted by atomic mass is 32.1. The maximum Gasteiger partial charge on any atom is 0.311 e. The fourth-order valence-corrected chi connectivity index (χ4v) is 1.26. The summed E-state index contributed by atoms with van der Waals surface area (Å²) in [5.74, 6) is -0.184. The number of hydrogen-bond donors (Lipinski definition) is 0. The van der Waals surface area contributed by atoms with Gasteiger partial charge in [-0.3, -0.25) is 9.78 Å². The van der Waals surface area contributed by atoms with Crippen LogP contribution >= 0.6 is 11.3 Å². The first-order chi connectivity index (χ1) is 5.33. The molecule has 1 aromatic rings. The van der Waals surface area contributed by atoms with Crippen LogP contribution in [0.3, 0.4) is 0 Å². The predicted molar refractivity (Wildman–Crippen MR) is 42.5 cm³/mol. The van der Waals surface area contributed by atoms with Gasteiger partial charge in [-0.2, -0.15) is 0 Å². The zero-order valence-corrected chi connectivity index (χ0v) is 7.06. The number of nitrogens with zero attached hydrogens (tertiary/aromatic N) is 1. The van der Waals surface area contributed by atoms with Gasteiger partial charge in [0, 0.05) is 11.1 Å². The molecule has 0 fully saturated rings. The summed E-state index contributed by atoms with van der Waals surface area (Å²) in [5, 5.41) is 0. The third-order valence-corrected chi connectivity index (χ3v) is 1.89. The van der Waals surface area contributed by atoms with E-state index in [1.54, 1.807) is 18.6 Å². The summed E-state index contributed by atoms with van der Waals surface area (Å²) in [7, 11) is 0. The average molecular weight is 171 g/mol. The Morgan fingerprint density at radius 1 is 1.82 bits per heavy atom.